The van der Waals surface area contributed by atoms with Gasteiger partial charge in [-0.1, -0.05) is 51.4 Å². The van der Waals surface area contributed by atoms with Gasteiger partial charge < -0.3 is 15.8 Å². The van der Waals surface area contributed by atoms with Crippen LogP contribution >= 0.6 is 0 Å². The lowest BCUT2D eigenvalue weighted by Crippen LogP contribution is -2.28. The average molecular weight is 312 g/mol. The molecule has 0 aliphatic rings. The second-order valence-corrected chi connectivity index (χ2v) is 5.99. The van der Waals surface area contributed by atoms with Gasteiger partial charge in [0.1, 0.15) is 6.54 Å². The van der Waals surface area contributed by atoms with Crippen molar-refractivity contribution in [3.05, 3.63) is 0 Å². The summed E-state index contributed by atoms with van der Waals surface area (Å²) in [6.45, 7) is 1.59. The molecule has 22 heavy (non-hydrogen) atoms. The molecule has 0 radical (unpaired) electrons. The van der Waals surface area contributed by atoms with E-state index < -0.39 is 5.97 Å². The molecule has 0 rings (SSSR count). The third-order valence-corrected chi connectivity index (χ3v) is 3.64. The van der Waals surface area contributed by atoms with Crippen LogP contribution in [0.15, 0.2) is 0 Å². The van der Waals surface area contributed by atoms with Crippen molar-refractivity contribution in [3.8, 4) is 0 Å². The van der Waals surface area contributed by atoms with Crippen molar-refractivity contribution >= 4 is 17.6 Å². The molecule has 0 aliphatic carbocycles. The molecule has 0 aromatic carbocycles. The van der Waals surface area contributed by atoms with Crippen LogP contribution in [0.25, 0.3) is 0 Å². The van der Waals surface area contributed by atoms with E-state index in [2.05, 4.69) is 5.32 Å². The Bertz CT molecular complexity index is 330. The molecule has 5 heteroatoms. The van der Waals surface area contributed by atoms with Gasteiger partial charge in [0.2, 0.25) is 5.91 Å². The first-order valence-corrected chi connectivity index (χ1v) is 8.55. The van der Waals surface area contributed by atoms with Crippen LogP contribution in [0.2, 0.25) is 0 Å². The third-order valence-electron chi connectivity index (χ3n) is 3.64. The Kier molecular flexibility index (Phi) is 13.6. The first-order valence-electron chi connectivity index (χ1n) is 8.55. The van der Waals surface area contributed by atoms with Gasteiger partial charge in [-0.2, -0.15) is 0 Å². The Morgan fingerprint density at radius 1 is 0.818 bits per heavy atom. The number of unbranched alkanes of at least 4 members (excludes halogenated alkanes) is 9. The first kappa shape index (κ1) is 20.6. The average Bonchev–Trinajstić information content (AvgIpc) is 2.45. The molecule has 0 aromatic heterocycles. The number of carboxylic acids is 1. The number of amides is 1. The highest BCUT2D eigenvalue weighted by atomic mass is 16.4. The van der Waals surface area contributed by atoms with Gasteiger partial charge in [-0.15, -0.1) is 0 Å². The number of carbonyl (C=O) groups is 2. The topological polar surface area (TPSA) is 90.3 Å². The molecule has 5 nitrogen and oxygen atoms in total. The summed E-state index contributed by atoms with van der Waals surface area (Å²) in [6, 6.07) is 0. The Morgan fingerprint density at radius 2 is 1.23 bits per heavy atom. The minimum absolute atomic E-state index is 0.164. The van der Waals surface area contributed by atoms with Gasteiger partial charge in [0.15, 0.2) is 0 Å². The van der Waals surface area contributed by atoms with E-state index in [9.17, 15) is 9.59 Å². The van der Waals surface area contributed by atoms with Gasteiger partial charge in [-0.25, -0.2) is 0 Å². The molecule has 128 valence electrons. The van der Waals surface area contributed by atoms with E-state index in [0.717, 1.165) is 37.8 Å². The van der Waals surface area contributed by atoms with Crippen LogP contribution in [0.1, 0.15) is 84.0 Å². The van der Waals surface area contributed by atoms with E-state index in [-0.39, 0.29) is 12.5 Å². The van der Waals surface area contributed by atoms with E-state index >= 15 is 0 Å². The normalized spacial score (nSPS) is 10.4. The minimum atomic E-state index is -0.999. The summed E-state index contributed by atoms with van der Waals surface area (Å²) in [7, 11) is 0. The molecule has 3 N–H and O–H groups in total. The maximum atomic E-state index is 11.3. The molecule has 0 aromatic rings. The number of hydrogen-bond acceptors (Lipinski definition) is 3. The van der Waals surface area contributed by atoms with Crippen molar-refractivity contribution in [1.29, 1.82) is 5.41 Å². The van der Waals surface area contributed by atoms with Crippen molar-refractivity contribution < 1.29 is 14.7 Å². The lowest BCUT2D eigenvalue weighted by molar-refractivity contribution is -0.137. The smallest absolute Gasteiger partial charge is 0.322 e. The molecule has 0 saturated carbocycles. The van der Waals surface area contributed by atoms with Crippen LogP contribution in [-0.2, 0) is 9.59 Å². The predicted molar refractivity (Wildman–Crippen MR) is 89.5 cm³/mol. The molecule has 0 aliphatic heterocycles. The highest BCUT2D eigenvalue weighted by molar-refractivity contribution is 5.81. The molecule has 0 spiro atoms. The Balaban J connectivity index is 3.15. The maximum absolute atomic E-state index is 11.3. The minimum Gasteiger partial charge on any atom is -0.480 e. The maximum Gasteiger partial charge on any atom is 0.322 e. The van der Waals surface area contributed by atoms with Gasteiger partial charge >= 0.3 is 5.97 Å². The zero-order chi connectivity index (χ0) is 16.6. The van der Waals surface area contributed by atoms with E-state index in [1.165, 1.54) is 38.5 Å². The second kappa shape index (κ2) is 14.5. The zero-order valence-electron chi connectivity index (χ0n) is 14.0. The standard InChI is InChI=1S/C17H32N2O3/c1-15(18)12-10-8-6-4-2-3-5-7-9-11-13-16(20)19-14-17(21)22/h18H,2-14H2,1H3,(H,19,20)(H,21,22). The number of carbonyl (C=O) groups excluding carboxylic acids is 1. The molecule has 0 heterocycles. The van der Waals surface area contributed by atoms with Crippen molar-refractivity contribution in [1.82, 2.24) is 5.32 Å². The number of aliphatic carboxylic acids is 1. The van der Waals surface area contributed by atoms with Crippen LogP contribution in [0.4, 0.5) is 0 Å². The van der Waals surface area contributed by atoms with E-state index in [4.69, 9.17) is 10.5 Å². The quantitative estimate of drug-likeness (QED) is 0.316. The molecule has 0 unspecified atom stereocenters. The fourth-order valence-corrected chi connectivity index (χ4v) is 2.35. The molecular formula is C17H32N2O3. The molecule has 0 saturated heterocycles. The summed E-state index contributed by atoms with van der Waals surface area (Å²) >= 11 is 0. The van der Waals surface area contributed by atoms with Gasteiger partial charge in [-0.05, 0) is 26.2 Å². The van der Waals surface area contributed by atoms with Crippen molar-refractivity contribution in [2.45, 2.75) is 84.0 Å². The molecular weight excluding hydrogens is 280 g/mol. The van der Waals surface area contributed by atoms with E-state index in [1.807, 2.05) is 6.92 Å². The summed E-state index contributed by atoms with van der Waals surface area (Å²) in [5, 5.41) is 18.1. The van der Waals surface area contributed by atoms with Crippen LogP contribution in [0.5, 0.6) is 0 Å². The van der Waals surface area contributed by atoms with Crippen molar-refractivity contribution in [2.75, 3.05) is 6.54 Å². The molecule has 1 amide bonds. The molecule has 0 bridgehead atoms. The van der Waals surface area contributed by atoms with Gasteiger partial charge in [0, 0.05) is 12.1 Å². The Morgan fingerprint density at radius 3 is 1.64 bits per heavy atom. The van der Waals surface area contributed by atoms with Crippen molar-refractivity contribution in [2.24, 2.45) is 0 Å². The lowest BCUT2D eigenvalue weighted by atomic mass is 10.0. The summed E-state index contributed by atoms with van der Waals surface area (Å²) < 4.78 is 0. The van der Waals surface area contributed by atoms with Gasteiger partial charge in [-0.3, -0.25) is 9.59 Å². The summed E-state index contributed by atoms with van der Waals surface area (Å²) in [5.41, 5.74) is 0.789. The Labute approximate surface area is 134 Å². The molecule has 0 fully saturated rings. The number of rotatable bonds is 15. The van der Waals surface area contributed by atoms with Crippen molar-refractivity contribution in [3.63, 3.8) is 0 Å². The highest BCUT2D eigenvalue weighted by Crippen LogP contribution is 2.12. The Hall–Kier alpha value is -1.39. The van der Waals surface area contributed by atoms with E-state index in [0.29, 0.717) is 6.42 Å². The molecule has 0 atom stereocenters. The van der Waals surface area contributed by atoms with Crippen LogP contribution in [-0.4, -0.2) is 29.2 Å². The third kappa shape index (κ3) is 16.7. The zero-order valence-corrected chi connectivity index (χ0v) is 14.0. The fourth-order valence-electron chi connectivity index (χ4n) is 2.35. The van der Waals surface area contributed by atoms with Crippen LogP contribution in [0, 0.1) is 5.41 Å². The van der Waals surface area contributed by atoms with Crippen LogP contribution < -0.4 is 5.32 Å². The van der Waals surface area contributed by atoms with Gasteiger partial charge in [0.05, 0.1) is 0 Å². The predicted octanol–water partition coefficient (Wildman–Crippen LogP) is 3.91. The SMILES string of the molecule is CC(=N)CCCCCCCCCCCCC(=O)NCC(=O)O. The number of nitrogens with one attached hydrogen (secondary N) is 2. The van der Waals surface area contributed by atoms with E-state index in [1.54, 1.807) is 0 Å². The number of carboxylic acid groups (broad SMARTS) is 1. The monoisotopic (exact) mass is 312 g/mol. The summed E-state index contributed by atoms with van der Waals surface area (Å²) in [6.07, 6.45) is 13.1. The van der Waals surface area contributed by atoms with Crippen LogP contribution in [0.3, 0.4) is 0 Å². The number of hydrogen-bond donors (Lipinski definition) is 3. The summed E-state index contributed by atoms with van der Waals surface area (Å²) in [4.78, 5) is 21.5. The fraction of sp³-hybridized carbons (Fsp3) is 0.824. The highest BCUT2D eigenvalue weighted by Gasteiger charge is 2.03. The second-order valence-electron chi connectivity index (χ2n) is 5.99. The lowest BCUT2D eigenvalue weighted by Gasteiger charge is -2.03. The largest absolute Gasteiger partial charge is 0.480 e. The summed E-state index contributed by atoms with van der Waals surface area (Å²) in [5.74, 6) is -1.16. The van der Waals surface area contributed by atoms with Gasteiger partial charge in [0.25, 0.3) is 0 Å². The first-order chi connectivity index (χ1) is 10.5.